The summed E-state index contributed by atoms with van der Waals surface area (Å²) in [6, 6.07) is 7.59. The number of amides is 3. The van der Waals surface area contributed by atoms with Crippen LogP contribution in [0.15, 0.2) is 24.3 Å². The van der Waals surface area contributed by atoms with Gasteiger partial charge in [-0.15, -0.1) is 0 Å². The van der Waals surface area contributed by atoms with Crippen molar-refractivity contribution in [1.29, 1.82) is 0 Å². The molecule has 0 spiro atoms. The first-order valence-electron chi connectivity index (χ1n) is 9.46. The molecule has 6 heteroatoms. The van der Waals surface area contributed by atoms with Gasteiger partial charge >= 0.3 is 6.03 Å². The van der Waals surface area contributed by atoms with E-state index in [4.69, 9.17) is 4.74 Å². The van der Waals surface area contributed by atoms with Crippen molar-refractivity contribution in [1.82, 2.24) is 9.80 Å². The van der Waals surface area contributed by atoms with E-state index in [1.165, 1.54) is 0 Å². The van der Waals surface area contributed by atoms with E-state index in [0.717, 1.165) is 37.1 Å². The molecular weight excluding hydrogens is 330 g/mol. The second-order valence-electron chi connectivity index (χ2n) is 6.95. The Labute approximate surface area is 156 Å². The van der Waals surface area contributed by atoms with Gasteiger partial charge in [-0.05, 0) is 50.3 Å². The highest BCUT2D eigenvalue weighted by molar-refractivity contribution is 5.89. The lowest BCUT2D eigenvalue weighted by Gasteiger charge is -2.29. The molecule has 6 nitrogen and oxygen atoms in total. The summed E-state index contributed by atoms with van der Waals surface area (Å²) < 4.78 is 5.75. The Morgan fingerprint density at radius 2 is 2.08 bits per heavy atom. The van der Waals surface area contributed by atoms with Gasteiger partial charge in [0.1, 0.15) is 0 Å². The summed E-state index contributed by atoms with van der Waals surface area (Å²) in [5.41, 5.74) is 1.80. The summed E-state index contributed by atoms with van der Waals surface area (Å²) in [4.78, 5) is 27.7. The van der Waals surface area contributed by atoms with Crippen LogP contribution in [-0.2, 0) is 16.0 Å². The van der Waals surface area contributed by atoms with E-state index in [9.17, 15) is 9.59 Å². The summed E-state index contributed by atoms with van der Waals surface area (Å²) in [7, 11) is 3.52. The fourth-order valence-electron chi connectivity index (χ4n) is 3.03. The molecule has 1 aromatic rings. The van der Waals surface area contributed by atoms with E-state index in [-0.39, 0.29) is 18.0 Å². The minimum Gasteiger partial charge on any atom is -0.376 e. The number of benzene rings is 1. The zero-order valence-corrected chi connectivity index (χ0v) is 16.2. The van der Waals surface area contributed by atoms with Gasteiger partial charge in [0.2, 0.25) is 5.91 Å². The number of rotatable bonds is 7. The van der Waals surface area contributed by atoms with Crippen LogP contribution in [0.25, 0.3) is 0 Å². The van der Waals surface area contributed by atoms with Gasteiger partial charge in [-0.25, -0.2) is 4.79 Å². The van der Waals surface area contributed by atoms with Gasteiger partial charge in [-0.3, -0.25) is 4.79 Å². The van der Waals surface area contributed by atoms with E-state index in [2.05, 4.69) is 5.32 Å². The number of hydrogen-bond acceptors (Lipinski definition) is 3. The third-order valence-electron chi connectivity index (χ3n) is 4.67. The predicted octanol–water partition coefficient (Wildman–Crippen LogP) is 3.13. The van der Waals surface area contributed by atoms with Gasteiger partial charge in [0.15, 0.2) is 0 Å². The van der Waals surface area contributed by atoms with Crippen molar-refractivity contribution in [2.75, 3.05) is 39.1 Å². The zero-order valence-electron chi connectivity index (χ0n) is 16.2. The second-order valence-corrected chi connectivity index (χ2v) is 6.95. The molecule has 1 aliphatic heterocycles. The van der Waals surface area contributed by atoms with Gasteiger partial charge in [-0.1, -0.05) is 12.1 Å². The maximum atomic E-state index is 12.6. The normalized spacial score (nSPS) is 16.8. The summed E-state index contributed by atoms with van der Waals surface area (Å²) in [6.07, 6.45) is 4.55. The molecule has 0 aliphatic carbocycles. The molecule has 1 unspecified atom stereocenters. The van der Waals surface area contributed by atoms with Crippen molar-refractivity contribution >= 4 is 17.6 Å². The molecule has 144 valence electrons. The summed E-state index contributed by atoms with van der Waals surface area (Å²) >= 11 is 0. The number of nitrogens with zero attached hydrogens (tertiary/aromatic N) is 2. The van der Waals surface area contributed by atoms with Crippen molar-refractivity contribution in [2.24, 2.45) is 0 Å². The Morgan fingerprint density at radius 1 is 1.27 bits per heavy atom. The first kappa shape index (κ1) is 20.2. The first-order valence-corrected chi connectivity index (χ1v) is 9.46. The Hall–Kier alpha value is -2.08. The smallest absolute Gasteiger partial charge is 0.321 e. The minimum atomic E-state index is -0.108. The minimum absolute atomic E-state index is 0.101. The summed E-state index contributed by atoms with van der Waals surface area (Å²) in [5.74, 6) is 0.101. The van der Waals surface area contributed by atoms with Crippen LogP contribution < -0.4 is 5.32 Å². The Kier molecular flexibility index (Phi) is 7.91. The highest BCUT2D eigenvalue weighted by Crippen LogP contribution is 2.16. The number of aryl methyl sites for hydroxylation is 1. The lowest BCUT2D eigenvalue weighted by molar-refractivity contribution is -0.128. The van der Waals surface area contributed by atoms with Crippen LogP contribution in [0.2, 0.25) is 0 Å². The first-order chi connectivity index (χ1) is 12.5. The Balaban J connectivity index is 1.90. The standard InChI is InChI=1S/C20H31N3O3/c1-4-23(15-18-10-5-6-13-26-18)20(25)21-17-9-7-8-16(14-17)11-12-19(24)22(2)3/h7-9,14,18H,4-6,10-13,15H2,1-3H3,(H,21,25). The number of likely N-dealkylation sites (N-methyl/N-ethyl adjacent to an activating group) is 1. The number of nitrogens with one attached hydrogen (secondary N) is 1. The average Bonchev–Trinajstić information content (AvgIpc) is 2.65. The van der Waals surface area contributed by atoms with Crippen LogP contribution in [0.3, 0.4) is 0 Å². The van der Waals surface area contributed by atoms with Gasteiger partial charge in [-0.2, -0.15) is 0 Å². The molecule has 0 bridgehead atoms. The number of anilines is 1. The summed E-state index contributed by atoms with van der Waals surface area (Å²) in [6.45, 7) is 4.03. The fraction of sp³-hybridized carbons (Fsp3) is 0.600. The molecule has 3 amide bonds. The number of ether oxygens (including phenoxy) is 1. The van der Waals surface area contributed by atoms with E-state index < -0.39 is 0 Å². The SMILES string of the molecule is CCN(CC1CCCCO1)C(=O)Nc1cccc(CCC(=O)N(C)C)c1. The largest absolute Gasteiger partial charge is 0.376 e. The van der Waals surface area contributed by atoms with Crippen molar-refractivity contribution in [3.63, 3.8) is 0 Å². The van der Waals surface area contributed by atoms with Gasteiger partial charge in [0, 0.05) is 45.9 Å². The van der Waals surface area contributed by atoms with E-state index in [1.807, 2.05) is 31.2 Å². The zero-order chi connectivity index (χ0) is 18.9. The monoisotopic (exact) mass is 361 g/mol. The van der Waals surface area contributed by atoms with Crippen LogP contribution in [-0.4, -0.2) is 61.6 Å². The maximum Gasteiger partial charge on any atom is 0.321 e. The Morgan fingerprint density at radius 3 is 2.73 bits per heavy atom. The molecule has 1 fully saturated rings. The molecule has 1 atom stereocenters. The molecule has 1 aromatic carbocycles. The van der Waals surface area contributed by atoms with Crippen LogP contribution in [0, 0.1) is 0 Å². The third-order valence-corrected chi connectivity index (χ3v) is 4.67. The van der Waals surface area contributed by atoms with E-state index >= 15 is 0 Å². The fourth-order valence-corrected chi connectivity index (χ4v) is 3.03. The number of urea groups is 1. The molecule has 26 heavy (non-hydrogen) atoms. The number of carbonyl (C=O) groups is 2. The number of carbonyl (C=O) groups excluding carboxylic acids is 2. The summed E-state index contributed by atoms with van der Waals surface area (Å²) in [5, 5.41) is 2.97. The molecule has 1 heterocycles. The highest BCUT2D eigenvalue weighted by Gasteiger charge is 2.20. The lowest BCUT2D eigenvalue weighted by atomic mass is 10.1. The van der Waals surface area contributed by atoms with Crippen LogP contribution >= 0.6 is 0 Å². The van der Waals surface area contributed by atoms with Gasteiger partial charge < -0.3 is 19.9 Å². The van der Waals surface area contributed by atoms with Gasteiger partial charge in [0.05, 0.1) is 6.10 Å². The molecule has 1 saturated heterocycles. The molecule has 0 radical (unpaired) electrons. The maximum absolute atomic E-state index is 12.6. The second kappa shape index (κ2) is 10.2. The average molecular weight is 361 g/mol. The molecule has 1 aliphatic rings. The predicted molar refractivity (Wildman–Crippen MR) is 103 cm³/mol. The Bertz CT molecular complexity index is 598. The van der Waals surface area contributed by atoms with Crippen LogP contribution in [0.5, 0.6) is 0 Å². The third kappa shape index (κ3) is 6.33. The highest BCUT2D eigenvalue weighted by atomic mass is 16.5. The van der Waals surface area contributed by atoms with E-state index in [0.29, 0.717) is 25.9 Å². The quantitative estimate of drug-likeness (QED) is 0.812. The number of hydrogen-bond donors (Lipinski definition) is 1. The van der Waals surface area contributed by atoms with Crippen molar-refractivity contribution in [3.05, 3.63) is 29.8 Å². The molecule has 0 aromatic heterocycles. The lowest BCUT2D eigenvalue weighted by Crippen LogP contribution is -2.41. The molecule has 0 saturated carbocycles. The molecular formula is C20H31N3O3. The van der Waals surface area contributed by atoms with E-state index in [1.54, 1.807) is 23.9 Å². The van der Waals surface area contributed by atoms with Crippen molar-refractivity contribution in [2.45, 2.75) is 45.1 Å². The van der Waals surface area contributed by atoms with Crippen molar-refractivity contribution < 1.29 is 14.3 Å². The van der Waals surface area contributed by atoms with Crippen LogP contribution in [0.1, 0.15) is 38.2 Å². The molecule has 1 N–H and O–H groups in total. The van der Waals surface area contributed by atoms with Crippen molar-refractivity contribution in [3.8, 4) is 0 Å². The molecule has 2 rings (SSSR count). The van der Waals surface area contributed by atoms with Crippen LogP contribution in [0.4, 0.5) is 10.5 Å². The topological polar surface area (TPSA) is 61.9 Å². The van der Waals surface area contributed by atoms with Gasteiger partial charge in [0.25, 0.3) is 0 Å².